The second-order valence-corrected chi connectivity index (χ2v) is 22.6. The number of hydrogen-bond acceptors (Lipinski definition) is 19. The van der Waals surface area contributed by atoms with Crippen LogP contribution in [0.2, 0.25) is 0 Å². The number of nitrogens with one attached hydrogen (secondary N) is 1. The second-order valence-electron chi connectivity index (χ2n) is 22.6. The Balaban J connectivity index is 1.17. The SMILES string of the molecule is COc1c(N2CCC(N(Cc3ccccn3)/N=C/c3c4c(O)c5c(O)c(C)c6c(c5c3O)C(=O)[C@@](C)(O/C=C/[C@H](OC)[C@@H](C)[C@@H](OC(C)=O)[C@H](C)[C@@H](O)[C@H](C)[C@@H](O)[C@H](C)/C=C/C=C(/C)C(=O)N4)O6)C2)c(F)cc2c(=O)c(C(=O)O)cn(C3CC3)c12. The number of ether oxygens (including phenoxy) is 5. The van der Waals surface area contributed by atoms with Crippen LogP contribution in [0.25, 0.3) is 21.7 Å². The Hall–Kier alpha value is -8.54. The van der Waals surface area contributed by atoms with Gasteiger partial charge in [0.15, 0.2) is 17.3 Å². The van der Waals surface area contributed by atoms with Crippen LogP contribution in [-0.4, -0.2) is 139 Å². The van der Waals surface area contributed by atoms with Crippen molar-refractivity contribution in [1.29, 1.82) is 0 Å². The largest absolute Gasteiger partial charge is 0.507 e. The second kappa shape index (κ2) is 24.2. The Morgan fingerprint density at radius 1 is 0.976 bits per heavy atom. The Morgan fingerprint density at radius 3 is 2.35 bits per heavy atom. The number of methoxy groups -OCH3 is 2. The highest BCUT2D eigenvalue weighted by molar-refractivity contribution is 6.24. The normalized spacial score (nSPS) is 27.1. The number of carboxylic acid groups (broad SMARTS) is 1. The number of phenols is 3. The lowest BCUT2D eigenvalue weighted by Gasteiger charge is -2.38. The molecule has 22 nitrogen and oxygen atoms in total. The quantitative estimate of drug-likeness (QED) is 0.0218. The van der Waals surface area contributed by atoms with Crippen molar-refractivity contribution in [3.05, 3.63) is 117 Å². The van der Waals surface area contributed by atoms with E-state index in [-0.39, 0.29) is 81.4 Å². The van der Waals surface area contributed by atoms with Gasteiger partial charge in [0.05, 0.1) is 89.3 Å². The van der Waals surface area contributed by atoms with E-state index in [4.69, 9.17) is 28.8 Å². The van der Waals surface area contributed by atoms with Crippen LogP contribution >= 0.6 is 0 Å². The summed E-state index contributed by atoms with van der Waals surface area (Å²) in [5.74, 6) is -11.8. The smallest absolute Gasteiger partial charge is 0.341 e. The number of carbonyl (C=O) groups is 4. The summed E-state index contributed by atoms with van der Waals surface area (Å²) in [6.07, 6.45) is 8.81. The molecule has 452 valence electrons. The fourth-order valence-electron chi connectivity index (χ4n) is 11.8. The third kappa shape index (κ3) is 11.5. The minimum atomic E-state index is -2.18. The molecule has 2 aromatic heterocycles. The van der Waals surface area contributed by atoms with Gasteiger partial charge in [-0.25, -0.2) is 9.18 Å². The zero-order chi connectivity index (χ0) is 61.7. The Labute approximate surface area is 489 Å². The molecule has 10 atom stereocenters. The number of nitrogens with zero attached hydrogens (tertiary/aromatic N) is 5. The van der Waals surface area contributed by atoms with Crippen LogP contribution in [0.15, 0.2) is 82.7 Å². The maximum Gasteiger partial charge on any atom is 0.341 e. The van der Waals surface area contributed by atoms with Crippen molar-refractivity contribution in [3.8, 4) is 28.7 Å². The number of carboxylic acids is 1. The molecule has 1 saturated heterocycles. The molecule has 1 aliphatic carbocycles. The highest BCUT2D eigenvalue weighted by atomic mass is 19.1. The highest BCUT2D eigenvalue weighted by Gasteiger charge is 2.50. The van der Waals surface area contributed by atoms with Crippen molar-refractivity contribution < 1.29 is 77.9 Å². The van der Waals surface area contributed by atoms with E-state index in [1.165, 1.54) is 72.6 Å². The van der Waals surface area contributed by atoms with E-state index >= 15 is 4.39 Å². The first-order valence-electron chi connectivity index (χ1n) is 28.1. The molecule has 10 rings (SSSR count). The molecule has 5 aromatic rings. The molecule has 7 N–H and O–H groups in total. The summed E-state index contributed by atoms with van der Waals surface area (Å²) in [7, 11) is 2.75. The Kier molecular flexibility index (Phi) is 17.4. The predicted octanol–water partition coefficient (Wildman–Crippen LogP) is 7.76. The van der Waals surface area contributed by atoms with E-state index in [1.54, 1.807) is 72.6 Å². The van der Waals surface area contributed by atoms with Gasteiger partial charge in [0.25, 0.3) is 11.7 Å². The molecule has 3 aromatic carbocycles. The molecule has 4 aliphatic heterocycles. The summed E-state index contributed by atoms with van der Waals surface area (Å²) in [5.41, 5.74) is -1.57. The number of aliphatic hydroxyl groups excluding tert-OH is 2. The lowest BCUT2D eigenvalue weighted by atomic mass is 9.78. The summed E-state index contributed by atoms with van der Waals surface area (Å²) in [5, 5.41) is 78.6. The molecule has 1 unspecified atom stereocenters. The average Bonchev–Trinajstić information content (AvgIpc) is 1.78. The number of aliphatic hydroxyl groups is 2. The molecule has 5 aliphatic rings. The third-order valence-corrected chi connectivity index (χ3v) is 16.9. The third-order valence-electron chi connectivity index (χ3n) is 16.9. The number of ketones is 1. The fraction of sp³-hybridized carbons (Fsp3) is 0.435. The highest BCUT2D eigenvalue weighted by Crippen LogP contribution is 2.55. The average molecular weight is 1180 g/mol. The zero-order valence-corrected chi connectivity index (χ0v) is 48.8. The van der Waals surface area contributed by atoms with Crippen molar-refractivity contribution in [1.82, 2.24) is 14.6 Å². The van der Waals surface area contributed by atoms with Crippen molar-refractivity contribution in [2.75, 3.05) is 37.5 Å². The maximum atomic E-state index is 16.7. The molecule has 6 heterocycles. The number of hydrogen-bond donors (Lipinski definition) is 7. The number of esters is 1. The Bertz CT molecular complexity index is 3670. The van der Waals surface area contributed by atoms with Gasteiger partial charge >= 0.3 is 17.7 Å². The van der Waals surface area contributed by atoms with Gasteiger partial charge in [-0.2, -0.15) is 5.10 Å². The molecule has 5 bridgehead atoms. The minimum Gasteiger partial charge on any atom is -0.507 e. The zero-order valence-electron chi connectivity index (χ0n) is 48.8. The number of aromatic hydroxyl groups is 3. The van der Waals surface area contributed by atoms with E-state index in [0.717, 1.165) is 12.3 Å². The number of benzene rings is 3. The monoisotopic (exact) mass is 1170 g/mol. The first-order valence-corrected chi connectivity index (χ1v) is 28.1. The number of carbonyl (C=O) groups excluding carboxylic acids is 3. The van der Waals surface area contributed by atoms with Gasteiger partial charge in [0.1, 0.15) is 34.6 Å². The summed E-state index contributed by atoms with van der Waals surface area (Å²) < 4.78 is 48.2. The van der Waals surface area contributed by atoms with Crippen LogP contribution in [0, 0.1) is 36.4 Å². The number of hydrazone groups is 1. The standard InChI is InChI=1S/C62H71FN6O16/c1-29-14-13-15-30(2)60(78)66-47-40(25-65-69(26-36-16-11-12-21-64-36)38-19-22-67(27-38)49-42(63)24-39-48(58(49)82-10)68(37-17-18-37)28-41(53(39)74)61(79)80)54(75)44-45(55(47)76)52(73)34(6)57-46(44)59(77)62(8,85-57)83-23-20-43(81-9)31(3)56(84-35(7)70)33(5)51(72)32(4)50(29)71/h11-16,20-21,23-25,28-29,31-33,37-38,43,50-51,56,71-73,75-76H,17-19,22,26-27H2,1-10H3,(H,66,78)(H,79,80)/b14-13+,23-20+,30-15-,65-25+/t29-,31-,32-,33-,38?,43+,50+,51+,56-,62+/m1/s1. The molecule has 23 heteroatoms. The van der Waals surface area contributed by atoms with Crippen LogP contribution in [0.1, 0.15) is 111 Å². The molecule has 2 fully saturated rings. The molecular formula is C62H71FN6O16. The molecular weight excluding hydrogens is 1100 g/mol. The lowest BCUT2D eigenvalue weighted by Crippen LogP contribution is -2.46. The molecule has 0 radical (unpaired) electrons. The molecule has 1 amide bonds. The van der Waals surface area contributed by atoms with Gasteiger partial charge in [-0.05, 0) is 57.4 Å². The van der Waals surface area contributed by atoms with Crippen LogP contribution in [0.4, 0.5) is 15.8 Å². The number of halogens is 1. The van der Waals surface area contributed by atoms with Gasteiger partial charge < -0.3 is 69.1 Å². The number of Topliss-reactive ketones (excluding diaryl/α,β-unsaturated/α-hetero) is 1. The van der Waals surface area contributed by atoms with Gasteiger partial charge in [0.2, 0.25) is 5.43 Å². The summed E-state index contributed by atoms with van der Waals surface area (Å²) in [6, 6.07) is 5.57. The molecule has 85 heavy (non-hydrogen) atoms. The van der Waals surface area contributed by atoms with Crippen LogP contribution in [-0.2, 0) is 30.3 Å². The topological polar surface area (TPSA) is 302 Å². The maximum absolute atomic E-state index is 16.7. The number of phenolic OH excluding ortho intramolecular Hbond substituents is 3. The van der Waals surface area contributed by atoms with E-state index in [1.807, 2.05) is 0 Å². The number of allylic oxidation sites excluding steroid dienone is 2. The summed E-state index contributed by atoms with van der Waals surface area (Å²) in [4.78, 5) is 73.8. The number of pyridine rings is 2. The summed E-state index contributed by atoms with van der Waals surface area (Å²) >= 11 is 0. The van der Waals surface area contributed by atoms with Crippen molar-refractivity contribution in [3.63, 3.8) is 0 Å². The predicted molar refractivity (Wildman–Crippen MR) is 312 cm³/mol. The number of rotatable bonds is 11. The summed E-state index contributed by atoms with van der Waals surface area (Å²) in [6.45, 7) is 12.6. The first-order chi connectivity index (χ1) is 40.3. The van der Waals surface area contributed by atoms with E-state index in [9.17, 15) is 54.6 Å². The van der Waals surface area contributed by atoms with E-state index in [2.05, 4.69) is 10.3 Å². The van der Waals surface area contributed by atoms with Crippen molar-refractivity contribution in [2.24, 2.45) is 28.8 Å². The van der Waals surface area contributed by atoms with Crippen molar-refractivity contribution in [2.45, 2.75) is 123 Å². The van der Waals surface area contributed by atoms with Gasteiger partial charge in [-0.15, -0.1) is 0 Å². The number of anilines is 2. The number of fused-ring (bicyclic) bond motifs is 15. The fourth-order valence-corrected chi connectivity index (χ4v) is 11.8. The van der Waals surface area contributed by atoms with Gasteiger partial charge in [-0.1, -0.05) is 52.0 Å². The van der Waals surface area contributed by atoms with Gasteiger partial charge in [-0.3, -0.25) is 29.2 Å². The lowest BCUT2D eigenvalue weighted by molar-refractivity contribution is -0.160. The van der Waals surface area contributed by atoms with Crippen LogP contribution < -0.4 is 25.1 Å². The number of amides is 1. The Morgan fingerprint density at radius 2 is 1.71 bits per heavy atom. The van der Waals surface area contributed by atoms with Crippen LogP contribution in [0.3, 0.4) is 0 Å². The van der Waals surface area contributed by atoms with Crippen molar-refractivity contribution >= 4 is 62.9 Å². The molecule has 1 saturated carbocycles. The minimum absolute atomic E-state index is 0.0183. The van der Waals surface area contributed by atoms with Gasteiger partial charge in [0, 0.05) is 92.7 Å². The van der Waals surface area contributed by atoms with E-state index < -0.39 is 129 Å². The van der Waals surface area contributed by atoms with Crippen LogP contribution in [0.5, 0.6) is 28.7 Å². The number of aromatic carboxylic acids is 1. The molecule has 0 spiro atoms. The number of aromatic nitrogens is 2. The first kappa shape index (κ1) is 61.0. The van der Waals surface area contributed by atoms with E-state index in [0.29, 0.717) is 25.0 Å².